The molecule has 0 N–H and O–H groups in total. The van der Waals surface area contributed by atoms with Crippen molar-refractivity contribution < 1.29 is 9.53 Å². The van der Waals surface area contributed by atoms with Crippen molar-refractivity contribution in [2.45, 2.75) is 0 Å². The van der Waals surface area contributed by atoms with Crippen molar-refractivity contribution in [3.63, 3.8) is 0 Å². The molecule has 0 unspecified atom stereocenters. The van der Waals surface area contributed by atoms with Crippen LogP contribution >= 0.6 is 0 Å². The molecule has 2 heterocycles. The highest BCUT2D eigenvalue weighted by Crippen LogP contribution is 2.12. The molecule has 1 aliphatic rings. The molecule has 1 aromatic carbocycles. The number of nitrogens with zero attached hydrogens (tertiary/aromatic N) is 4. The van der Waals surface area contributed by atoms with Crippen LogP contribution in [0.25, 0.3) is 6.08 Å². The molecule has 154 valence electrons. The maximum Gasteiger partial charge on any atom is 0.332 e. The lowest BCUT2D eigenvalue weighted by Gasteiger charge is -2.30. The fraction of sp³-hybridized carbons (Fsp3) is 0.381. The number of rotatable bonds is 6. The number of benzene rings is 1. The predicted octanol–water partition coefficient (Wildman–Crippen LogP) is 0.463. The minimum atomic E-state index is -0.469. The van der Waals surface area contributed by atoms with E-state index in [1.165, 1.54) is 28.7 Å². The van der Waals surface area contributed by atoms with E-state index in [1.54, 1.807) is 13.1 Å². The summed E-state index contributed by atoms with van der Waals surface area (Å²) in [4.78, 5) is 41.3. The summed E-state index contributed by atoms with van der Waals surface area (Å²) in [5.41, 5.74) is -0.0186. The summed E-state index contributed by atoms with van der Waals surface area (Å²) in [5.74, 6) is -0.000522. The topological polar surface area (TPSA) is 76.8 Å². The molecule has 0 aliphatic carbocycles. The van der Waals surface area contributed by atoms with Gasteiger partial charge in [-0.2, -0.15) is 0 Å². The Hall–Kier alpha value is -2.97. The van der Waals surface area contributed by atoms with Crippen LogP contribution in [0.4, 0.5) is 5.82 Å². The number of amides is 1. The van der Waals surface area contributed by atoms with E-state index >= 15 is 0 Å². The number of hydrogen-bond acceptors (Lipinski definition) is 5. The van der Waals surface area contributed by atoms with Gasteiger partial charge in [-0.15, -0.1) is 0 Å². The minimum absolute atomic E-state index is 0.286. The molecule has 0 radical (unpaired) electrons. The number of aromatic nitrogens is 2. The maximum absolute atomic E-state index is 13.0. The van der Waals surface area contributed by atoms with E-state index in [2.05, 4.69) is 4.90 Å². The van der Waals surface area contributed by atoms with Crippen LogP contribution in [0.1, 0.15) is 5.56 Å². The molecular formula is C21H26N4O4. The maximum atomic E-state index is 13.0. The van der Waals surface area contributed by atoms with Crippen LogP contribution in [-0.2, 0) is 23.6 Å². The summed E-state index contributed by atoms with van der Waals surface area (Å²) in [6.07, 6.45) is 3.19. The van der Waals surface area contributed by atoms with Gasteiger partial charge >= 0.3 is 5.69 Å². The molecular weight excluding hydrogens is 372 g/mol. The van der Waals surface area contributed by atoms with Crippen molar-refractivity contribution in [2.24, 2.45) is 14.1 Å². The van der Waals surface area contributed by atoms with Crippen molar-refractivity contribution in [3.8, 4) is 0 Å². The van der Waals surface area contributed by atoms with Crippen LogP contribution in [0, 0.1) is 0 Å². The fourth-order valence-corrected chi connectivity index (χ4v) is 3.21. The van der Waals surface area contributed by atoms with E-state index in [0.717, 1.165) is 23.2 Å². The van der Waals surface area contributed by atoms with E-state index in [4.69, 9.17) is 4.74 Å². The Bertz CT molecular complexity index is 988. The molecule has 0 spiro atoms. The van der Waals surface area contributed by atoms with Crippen LogP contribution < -0.4 is 16.1 Å². The SMILES string of the molecule is Cn1c(N(CCN2CCOCC2)C(=O)/C=C\c2ccccc2)cc(=O)n(C)c1=O. The van der Waals surface area contributed by atoms with Crippen LogP contribution in [-0.4, -0.2) is 59.3 Å². The predicted molar refractivity (Wildman–Crippen MR) is 112 cm³/mol. The Morgan fingerprint density at radius 3 is 2.48 bits per heavy atom. The minimum Gasteiger partial charge on any atom is -0.379 e. The number of ether oxygens (including phenoxy) is 1. The van der Waals surface area contributed by atoms with E-state index in [9.17, 15) is 14.4 Å². The van der Waals surface area contributed by atoms with Crippen molar-refractivity contribution in [2.75, 3.05) is 44.3 Å². The molecule has 8 nitrogen and oxygen atoms in total. The molecule has 2 aromatic rings. The molecule has 0 bridgehead atoms. The smallest absolute Gasteiger partial charge is 0.332 e. The largest absolute Gasteiger partial charge is 0.379 e. The highest BCUT2D eigenvalue weighted by molar-refractivity contribution is 6.03. The third-order valence-electron chi connectivity index (χ3n) is 5.00. The highest BCUT2D eigenvalue weighted by Gasteiger charge is 2.20. The summed E-state index contributed by atoms with van der Waals surface area (Å²) in [6.45, 7) is 3.88. The summed E-state index contributed by atoms with van der Waals surface area (Å²) in [7, 11) is 2.98. The molecule has 3 rings (SSSR count). The number of anilines is 1. The zero-order valence-electron chi connectivity index (χ0n) is 16.8. The number of carbonyl (C=O) groups is 1. The highest BCUT2D eigenvalue weighted by atomic mass is 16.5. The summed E-state index contributed by atoms with van der Waals surface area (Å²) in [5, 5.41) is 0. The van der Waals surface area contributed by atoms with Crippen LogP contribution in [0.5, 0.6) is 0 Å². The zero-order chi connectivity index (χ0) is 20.8. The molecule has 1 fully saturated rings. The average molecular weight is 398 g/mol. The molecule has 0 atom stereocenters. The second-order valence-electron chi connectivity index (χ2n) is 6.93. The van der Waals surface area contributed by atoms with Gasteiger partial charge in [0.05, 0.1) is 13.2 Å². The number of hydrogen-bond donors (Lipinski definition) is 0. The number of carbonyl (C=O) groups excluding carboxylic acids is 1. The van der Waals surface area contributed by atoms with Crippen molar-refractivity contribution in [1.29, 1.82) is 0 Å². The van der Waals surface area contributed by atoms with Crippen LogP contribution in [0.15, 0.2) is 52.1 Å². The first-order chi connectivity index (χ1) is 14.0. The summed E-state index contributed by atoms with van der Waals surface area (Å²) >= 11 is 0. The van der Waals surface area contributed by atoms with Gasteiger partial charge in [0.25, 0.3) is 11.5 Å². The molecule has 8 heteroatoms. The van der Waals surface area contributed by atoms with Crippen molar-refractivity contribution >= 4 is 17.8 Å². The lowest BCUT2D eigenvalue weighted by atomic mass is 10.2. The average Bonchev–Trinajstić information content (AvgIpc) is 2.75. The second-order valence-corrected chi connectivity index (χ2v) is 6.93. The first kappa shape index (κ1) is 20.8. The fourth-order valence-electron chi connectivity index (χ4n) is 3.21. The summed E-state index contributed by atoms with van der Waals surface area (Å²) in [6, 6.07) is 10.8. The molecule has 0 saturated carbocycles. The third-order valence-corrected chi connectivity index (χ3v) is 5.00. The van der Waals surface area contributed by atoms with Gasteiger partial charge in [-0.25, -0.2) is 4.79 Å². The Balaban J connectivity index is 1.89. The first-order valence-corrected chi connectivity index (χ1v) is 9.59. The first-order valence-electron chi connectivity index (χ1n) is 9.59. The van der Waals surface area contributed by atoms with Gasteiger partial charge in [-0.1, -0.05) is 30.3 Å². The van der Waals surface area contributed by atoms with Crippen LogP contribution in [0.2, 0.25) is 0 Å². The van der Waals surface area contributed by atoms with Gasteiger partial charge in [0.2, 0.25) is 0 Å². The second kappa shape index (κ2) is 9.49. The Morgan fingerprint density at radius 1 is 1.10 bits per heavy atom. The van der Waals surface area contributed by atoms with Gasteiger partial charge in [-0.3, -0.25) is 28.5 Å². The van der Waals surface area contributed by atoms with Gasteiger partial charge in [-0.05, 0) is 11.6 Å². The van der Waals surface area contributed by atoms with Crippen molar-refractivity contribution in [3.05, 3.63) is 68.9 Å². The van der Waals surface area contributed by atoms with Gasteiger partial charge in [0.15, 0.2) is 0 Å². The molecule has 29 heavy (non-hydrogen) atoms. The van der Waals surface area contributed by atoms with Gasteiger partial charge in [0.1, 0.15) is 5.82 Å². The molecule has 1 aromatic heterocycles. The van der Waals surface area contributed by atoms with Gasteiger partial charge in [0, 0.05) is 52.4 Å². The van der Waals surface area contributed by atoms with Crippen molar-refractivity contribution in [1.82, 2.24) is 14.0 Å². The van der Waals surface area contributed by atoms with E-state index in [-0.39, 0.29) is 11.7 Å². The monoisotopic (exact) mass is 398 g/mol. The number of morpholine rings is 1. The third kappa shape index (κ3) is 5.10. The molecule has 1 saturated heterocycles. The molecule has 1 aliphatic heterocycles. The quantitative estimate of drug-likeness (QED) is 0.661. The summed E-state index contributed by atoms with van der Waals surface area (Å²) < 4.78 is 7.72. The lowest BCUT2D eigenvalue weighted by molar-refractivity contribution is -0.114. The van der Waals surface area contributed by atoms with E-state index in [1.807, 2.05) is 30.3 Å². The van der Waals surface area contributed by atoms with E-state index < -0.39 is 11.2 Å². The standard InChI is InChI=1S/C21H26N4O4/c1-22-18(16-20(27)23(2)21(22)28)25(11-10-24-12-14-29-15-13-24)19(26)9-8-17-6-4-3-5-7-17/h3-9,16H,10-15H2,1-2H3/b9-8-. The Morgan fingerprint density at radius 2 is 1.79 bits per heavy atom. The normalized spacial score (nSPS) is 15.0. The van der Waals surface area contributed by atoms with Gasteiger partial charge < -0.3 is 4.74 Å². The van der Waals surface area contributed by atoms with Crippen LogP contribution in [0.3, 0.4) is 0 Å². The van der Waals surface area contributed by atoms with E-state index in [0.29, 0.717) is 26.3 Å². The Labute approximate surface area is 169 Å². The molecule has 1 amide bonds. The lowest BCUT2D eigenvalue weighted by Crippen LogP contribution is -2.46. The zero-order valence-corrected chi connectivity index (χ0v) is 16.8. The Kier molecular flexibility index (Phi) is 6.79.